The fourth-order valence-corrected chi connectivity index (χ4v) is 4.38. The number of hydrogen-bond donors (Lipinski definition) is 1. The quantitative estimate of drug-likeness (QED) is 0.812. The third kappa shape index (κ3) is 4.76. The van der Waals surface area contributed by atoms with Crippen molar-refractivity contribution < 1.29 is 9.53 Å². The lowest BCUT2D eigenvalue weighted by Gasteiger charge is -2.38. The maximum atomic E-state index is 13.1. The molecule has 1 saturated carbocycles. The number of nitrogens with two attached hydrogens (primary N) is 1. The molecule has 0 spiro atoms. The highest BCUT2D eigenvalue weighted by Crippen LogP contribution is 2.32. The first kappa shape index (κ1) is 22.0. The van der Waals surface area contributed by atoms with Crippen molar-refractivity contribution in [2.75, 3.05) is 45.9 Å². The van der Waals surface area contributed by atoms with Crippen LogP contribution in [0.3, 0.4) is 0 Å². The summed E-state index contributed by atoms with van der Waals surface area (Å²) >= 11 is 0. The van der Waals surface area contributed by atoms with Crippen LogP contribution in [0.4, 0.5) is 0 Å². The zero-order valence-electron chi connectivity index (χ0n) is 14.6. The molecule has 7 heteroatoms. The minimum absolute atomic E-state index is 0. The Balaban J connectivity index is 0.00000144. The van der Waals surface area contributed by atoms with Gasteiger partial charge in [-0.25, -0.2) is 0 Å². The van der Waals surface area contributed by atoms with Crippen molar-refractivity contribution in [2.24, 2.45) is 11.1 Å². The van der Waals surface area contributed by atoms with Crippen molar-refractivity contribution in [3.8, 4) is 0 Å². The van der Waals surface area contributed by atoms with Gasteiger partial charge in [-0.2, -0.15) is 0 Å². The molecular formula is C17H33Cl2N3O2. The predicted molar refractivity (Wildman–Crippen MR) is 101 cm³/mol. The first-order valence-corrected chi connectivity index (χ1v) is 9.06. The van der Waals surface area contributed by atoms with Crippen molar-refractivity contribution >= 4 is 30.7 Å². The van der Waals surface area contributed by atoms with Crippen molar-refractivity contribution in [2.45, 2.75) is 51.0 Å². The summed E-state index contributed by atoms with van der Waals surface area (Å²) in [5.74, 6) is 0.284. The number of nitrogens with zero attached hydrogens (tertiary/aromatic N) is 2. The first-order chi connectivity index (χ1) is 10.7. The van der Waals surface area contributed by atoms with Crippen LogP contribution in [0.2, 0.25) is 0 Å². The van der Waals surface area contributed by atoms with Crippen molar-refractivity contribution in [1.29, 1.82) is 0 Å². The topological polar surface area (TPSA) is 58.8 Å². The highest BCUT2D eigenvalue weighted by Gasteiger charge is 2.41. The Morgan fingerprint density at radius 1 is 1.00 bits per heavy atom. The van der Waals surface area contributed by atoms with E-state index in [1.807, 2.05) is 0 Å². The van der Waals surface area contributed by atoms with Gasteiger partial charge in [0.15, 0.2) is 0 Å². The van der Waals surface area contributed by atoms with Crippen LogP contribution in [0.1, 0.15) is 44.9 Å². The van der Waals surface area contributed by atoms with Gasteiger partial charge in [0.2, 0.25) is 5.91 Å². The largest absolute Gasteiger partial charge is 0.381 e. The predicted octanol–water partition coefficient (Wildman–Crippen LogP) is 2.06. The Morgan fingerprint density at radius 3 is 2.29 bits per heavy atom. The van der Waals surface area contributed by atoms with Gasteiger partial charge in [-0.1, -0.05) is 12.8 Å². The SMILES string of the molecule is Cl.Cl.NCC1(C(=O)N2CCCN(C3CCCC3)CC2)CCOCC1. The fraction of sp³-hybridized carbons (Fsp3) is 0.941. The monoisotopic (exact) mass is 381 g/mol. The molecule has 0 atom stereocenters. The highest BCUT2D eigenvalue weighted by atomic mass is 35.5. The van der Waals surface area contributed by atoms with E-state index in [2.05, 4.69) is 9.80 Å². The summed E-state index contributed by atoms with van der Waals surface area (Å²) in [5.41, 5.74) is 5.64. The number of halogens is 2. The molecule has 24 heavy (non-hydrogen) atoms. The van der Waals surface area contributed by atoms with E-state index in [-0.39, 0.29) is 36.1 Å². The third-order valence-corrected chi connectivity index (χ3v) is 5.95. The van der Waals surface area contributed by atoms with Crippen LogP contribution >= 0.6 is 24.8 Å². The van der Waals surface area contributed by atoms with Crippen LogP contribution in [0.25, 0.3) is 0 Å². The molecule has 2 aliphatic heterocycles. The van der Waals surface area contributed by atoms with Crippen molar-refractivity contribution in [3.05, 3.63) is 0 Å². The molecule has 3 rings (SSSR count). The van der Waals surface area contributed by atoms with Gasteiger partial charge in [-0.05, 0) is 32.1 Å². The molecule has 2 saturated heterocycles. The number of amides is 1. The first-order valence-electron chi connectivity index (χ1n) is 9.06. The van der Waals surface area contributed by atoms with Crippen LogP contribution in [0.15, 0.2) is 0 Å². The Morgan fingerprint density at radius 2 is 1.67 bits per heavy atom. The number of carbonyl (C=O) groups is 1. The second-order valence-corrected chi connectivity index (χ2v) is 7.22. The average molecular weight is 382 g/mol. The highest BCUT2D eigenvalue weighted by molar-refractivity contribution is 5.85. The van der Waals surface area contributed by atoms with Gasteiger partial charge in [0.1, 0.15) is 0 Å². The Kier molecular flexibility index (Phi) is 9.31. The second-order valence-electron chi connectivity index (χ2n) is 7.22. The van der Waals surface area contributed by atoms with E-state index in [0.717, 1.165) is 51.5 Å². The molecule has 2 heterocycles. The third-order valence-electron chi connectivity index (χ3n) is 5.95. The summed E-state index contributed by atoms with van der Waals surface area (Å²) in [7, 11) is 0. The summed E-state index contributed by atoms with van der Waals surface area (Å²) in [4.78, 5) is 17.8. The molecule has 0 radical (unpaired) electrons. The summed E-state index contributed by atoms with van der Waals surface area (Å²) in [6, 6.07) is 0.765. The molecule has 3 aliphatic rings. The molecular weight excluding hydrogens is 349 g/mol. The van der Waals surface area contributed by atoms with E-state index in [0.29, 0.717) is 19.8 Å². The molecule has 0 aromatic rings. The minimum atomic E-state index is -0.360. The van der Waals surface area contributed by atoms with Gasteiger partial charge in [0.25, 0.3) is 0 Å². The van der Waals surface area contributed by atoms with E-state index in [4.69, 9.17) is 10.5 Å². The molecule has 0 bridgehead atoms. The van der Waals surface area contributed by atoms with Crippen LogP contribution in [0.5, 0.6) is 0 Å². The maximum Gasteiger partial charge on any atom is 0.230 e. The van der Waals surface area contributed by atoms with E-state index >= 15 is 0 Å². The molecule has 0 aromatic carbocycles. The average Bonchev–Trinajstić information content (AvgIpc) is 2.99. The Labute approximate surface area is 158 Å². The number of rotatable bonds is 3. The van der Waals surface area contributed by atoms with Gasteiger partial charge in [-0.3, -0.25) is 9.69 Å². The van der Waals surface area contributed by atoms with Crippen molar-refractivity contribution in [1.82, 2.24) is 9.80 Å². The van der Waals surface area contributed by atoms with Gasteiger partial charge >= 0.3 is 0 Å². The fourth-order valence-electron chi connectivity index (χ4n) is 4.38. The maximum absolute atomic E-state index is 13.1. The van der Waals surface area contributed by atoms with Crippen molar-refractivity contribution in [3.63, 3.8) is 0 Å². The lowest BCUT2D eigenvalue weighted by atomic mass is 9.79. The number of hydrogen-bond acceptors (Lipinski definition) is 4. The van der Waals surface area contributed by atoms with Crippen LogP contribution < -0.4 is 5.73 Å². The lowest BCUT2D eigenvalue weighted by Crippen LogP contribution is -2.51. The minimum Gasteiger partial charge on any atom is -0.381 e. The summed E-state index contributed by atoms with van der Waals surface area (Å²) in [6.07, 6.45) is 8.10. The molecule has 1 amide bonds. The molecule has 142 valence electrons. The van der Waals surface area contributed by atoms with Gasteiger partial charge in [0, 0.05) is 52.0 Å². The smallest absolute Gasteiger partial charge is 0.230 e. The molecule has 0 aromatic heterocycles. The van der Waals surface area contributed by atoms with E-state index < -0.39 is 0 Å². The zero-order chi connectivity index (χ0) is 15.4. The Hall–Kier alpha value is -0.0700. The molecule has 5 nitrogen and oxygen atoms in total. The standard InChI is InChI=1S/C17H31N3O2.2ClH/c18-14-17(6-12-22-13-7-17)16(21)20-9-3-8-19(10-11-20)15-4-1-2-5-15;;/h15H,1-14,18H2;2*1H. The van der Waals surface area contributed by atoms with E-state index in [1.54, 1.807) is 0 Å². The van der Waals surface area contributed by atoms with Gasteiger partial charge in [-0.15, -0.1) is 24.8 Å². The lowest BCUT2D eigenvalue weighted by molar-refractivity contribution is -0.147. The van der Waals surface area contributed by atoms with Crippen LogP contribution in [0, 0.1) is 5.41 Å². The normalized spacial score (nSPS) is 25.5. The van der Waals surface area contributed by atoms with E-state index in [1.165, 1.54) is 25.7 Å². The van der Waals surface area contributed by atoms with E-state index in [9.17, 15) is 4.79 Å². The number of ether oxygens (including phenoxy) is 1. The number of carbonyl (C=O) groups excluding carboxylic acids is 1. The molecule has 3 fully saturated rings. The summed E-state index contributed by atoms with van der Waals surface area (Å²) < 4.78 is 5.44. The second kappa shape index (κ2) is 10.2. The summed E-state index contributed by atoms with van der Waals surface area (Å²) in [5, 5.41) is 0. The van der Waals surface area contributed by atoms with Gasteiger partial charge in [0.05, 0.1) is 5.41 Å². The summed E-state index contributed by atoms with van der Waals surface area (Å²) in [6.45, 7) is 5.75. The van der Waals surface area contributed by atoms with Gasteiger partial charge < -0.3 is 15.4 Å². The zero-order valence-corrected chi connectivity index (χ0v) is 16.2. The molecule has 2 N–H and O–H groups in total. The Bertz CT molecular complexity index is 386. The van der Waals surface area contributed by atoms with Crippen LogP contribution in [-0.4, -0.2) is 67.7 Å². The van der Waals surface area contributed by atoms with Crippen LogP contribution in [-0.2, 0) is 9.53 Å². The molecule has 0 unspecified atom stereocenters. The molecule has 1 aliphatic carbocycles.